The molecular formula is C11H11ClN4O. The van der Waals surface area contributed by atoms with Gasteiger partial charge in [-0.25, -0.2) is 0 Å². The quantitative estimate of drug-likeness (QED) is 0.715. The molecule has 17 heavy (non-hydrogen) atoms. The maximum atomic E-state index is 11.9. The van der Waals surface area contributed by atoms with E-state index in [4.69, 9.17) is 17.3 Å². The molecule has 0 radical (unpaired) electrons. The number of aromatic nitrogens is 2. The lowest BCUT2D eigenvalue weighted by atomic mass is 10.2. The number of aromatic amines is 1. The van der Waals surface area contributed by atoms with E-state index in [1.807, 2.05) is 6.92 Å². The molecule has 1 aromatic carbocycles. The Morgan fingerprint density at radius 1 is 1.47 bits per heavy atom. The van der Waals surface area contributed by atoms with Gasteiger partial charge in [0, 0.05) is 17.4 Å². The Morgan fingerprint density at radius 2 is 2.24 bits per heavy atom. The third kappa shape index (κ3) is 2.57. The van der Waals surface area contributed by atoms with Crippen molar-refractivity contribution in [2.75, 3.05) is 11.1 Å². The van der Waals surface area contributed by atoms with Crippen molar-refractivity contribution in [1.29, 1.82) is 0 Å². The number of H-pyrrole nitrogens is 1. The van der Waals surface area contributed by atoms with E-state index in [0.29, 0.717) is 22.1 Å². The van der Waals surface area contributed by atoms with Crippen LogP contribution in [0.2, 0.25) is 5.02 Å². The van der Waals surface area contributed by atoms with Crippen molar-refractivity contribution in [3.63, 3.8) is 0 Å². The number of nitrogens with one attached hydrogen (secondary N) is 2. The highest BCUT2D eigenvalue weighted by molar-refractivity contribution is 6.34. The molecule has 0 atom stereocenters. The predicted octanol–water partition coefficient (Wildman–Crippen LogP) is 2.21. The van der Waals surface area contributed by atoms with Gasteiger partial charge in [0.25, 0.3) is 5.91 Å². The zero-order valence-corrected chi connectivity index (χ0v) is 9.88. The lowest BCUT2D eigenvalue weighted by Gasteiger charge is -2.04. The summed E-state index contributed by atoms with van der Waals surface area (Å²) in [7, 11) is 0. The molecule has 0 aliphatic rings. The molecule has 0 aliphatic heterocycles. The van der Waals surface area contributed by atoms with Crippen molar-refractivity contribution in [2.45, 2.75) is 6.92 Å². The highest BCUT2D eigenvalue weighted by atomic mass is 35.5. The summed E-state index contributed by atoms with van der Waals surface area (Å²) in [5, 5.41) is 9.58. The minimum atomic E-state index is -0.318. The number of nitrogen functional groups attached to an aromatic ring is 1. The lowest BCUT2D eigenvalue weighted by Crippen LogP contribution is -2.12. The minimum Gasteiger partial charge on any atom is -0.399 e. The molecule has 1 aromatic heterocycles. The van der Waals surface area contributed by atoms with Crippen LogP contribution in [0.15, 0.2) is 24.3 Å². The number of carbonyl (C=O) groups excluding carboxylic acids is 1. The van der Waals surface area contributed by atoms with E-state index in [2.05, 4.69) is 15.5 Å². The average molecular weight is 251 g/mol. The van der Waals surface area contributed by atoms with Crippen LogP contribution in [-0.4, -0.2) is 16.1 Å². The molecule has 0 spiro atoms. The first-order valence-electron chi connectivity index (χ1n) is 4.94. The largest absolute Gasteiger partial charge is 0.399 e. The molecular weight excluding hydrogens is 240 g/mol. The molecule has 0 unspecified atom stereocenters. The molecule has 5 nitrogen and oxygen atoms in total. The first-order valence-corrected chi connectivity index (χ1v) is 5.32. The van der Waals surface area contributed by atoms with E-state index in [1.165, 1.54) is 6.07 Å². The molecule has 0 bridgehead atoms. The number of aryl methyl sites for hydroxylation is 1. The van der Waals surface area contributed by atoms with E-state index in [0.717, 1.165) is 5.69 Å². The smallest absolute Gasteiger partial charge is 0.258 e. The van der Waals surface area contributed by atoms with Crippen molar-refractivity contribution < 1.29 is 4.79 Å². The predicted molar refractivity (Wildman–Crippen MR) is 67.1 cm³/mol. The molecule has 0 saturated carbocycles. The molecule has 0 aliphatic carbocycles. The Labute approximate surface area is 103 Å². The van der Waals surface area contributed by atoms with E-state index < -0.39 is 0 Å². The summed E-state index contributed by atoms with van der Waals surface area (Å²) in [6.45, 7) is 1.85. The number of nitrogens with zero attached hydrogens (tertiary/aromatic N) is 1. The highest BCUT2D eigenvalue weighted by Crippen LogP contribution is 2.20. The van der Waals surface area contributed by atoms with Crippen LogP contribution < -0.4 is 11.1 Å². The van der Waals surface area contributed by atoms with Crippen LogP contribution in [0.4, 0.5) is 11.5 Å². The molecule has 88 valence electrons. The summed E-state index contributed by atoms with van der Waals surface area (Å²) < 4.78 is 0. The molecule has 6 heteroatoms. The monoisotopic (exact) mass is 250 g/mol. The zero-order valence-electron chi connectivity index (χ0n) is 9.12. The normalized spacial score (nSPS) is 10.2. The molecule has 0 fully saturated rings. The van der Waals surface area contributed by atoms with Gasteiger partial charge in [-0.2, -0.15) is 5.10 Å². The highest BCUT2D eigenvalue weighted by Gasteiger charge is 2.11. The second-order valence-corrected chi connectivity index (χ2v) is 4.04. The van der Waals surface area contributed by atoms with Gasteiger partial charge in [0.2, 0.25) is 0 Å². The number of amides is 1. The van der Waals surface area contributed by atoms with Crippen LogP contribution >= 0.6 is 11.6 Å². The van der Waals surface area contributed by atoms with Crippen LogP contribution in [0.3, 0.4) is 0 Å². The van der Waals surface area contributed by atoms with Crippen molar-refractivity contribution in [2.24, 2.45) is 0 Å². The number of rotatable bonds is 2. The van der Waals surface area contributed by atoms with Crippen molar-refractivity contribution >= 4 is 29.0 Å². The molecule has 2 aromatic rings. The van der Waals surface area contributed by atoms with Gasteiger partial charge >= 0.3 is 0 Å². The minimum absolute atomic E-state index is 0.315. The fraction of sp³-hybridized carbons (Fsp3) is 0.0909. The van der Waals surface area contributed by atoms with Crippen molar-refractivity contribution in [3.8, 4) is 0 Å². The van der Waals surface area contributed by atoms with E-state index in [9.17, 15) is 4.79 Å². The van der Waals surface area contributed by atoms with Gasteiger partial charge in [0.1, 0.15) is 0 Å². The summed E-state index contributed by atoms with van der Waals surface area (Å²) in [5.74, 6) is 0.141. The third-order valence-electron chi connectivity index (χ3n) is 2.19. The molecule has 2 rings (SSSR count). The van der Waals surface area contributed by atoms with Gasteiger partial charge in [0.15, 0.2) is 5.82 Å². The number of hydrogen-bond acceptors (Lipinski definition) is 3. The summed E-state index contributed by atoms with van der Waals surface area (Å²) in [6.07, 6.45) is 0. The Bertz CT molecular complexity index is 564. The summed E-state index contributed by atoms with van der Waals surface area (Å²) >= 11 is 5.93. The Morgan fingerprint density at radius 3 is 2.82 bits per heavy atom. The van der Waals surface area contributed by atoms with Crippen molar-refractivity contribution in [3.05, 3.63) is 40.5 Å². The number of carbonyl (C=O) groups is 1. The van der Waals surface area contributed by atoms with Gasteiger partial charge in [-0.1, -0.05) is 11.6 Å². The van der Waals surface area contributed by atoms with Crippen LogP contribution in [0.5, 0.6) is 0 Å². The van der Waals surface area contributed by atoms with Crippen LogP contribution in [-0.2, 0) is 0 Å². The van der Waals surface area contributed by atoms with Crippen molar-refractivity contribution in [1.82, 2.24) is 10.2 Å². The van der Waals surface area contributed by atoms with Gasteiger partial charge in [-0.15, -0.1) is 0 Å². The topological polar surface area (TPSA) is 83.8 Å². The maximum Gasteiger partial charge on any atom is 0.258 e. The van der Waals surface area contributed by atoms with E-state index in [1.54, 1.807) is 18.2 Å². The summed E-state index contributed by atoms with van der Waals surface area (Å²) in [5.41, 5.74) is 7.29. The Kier molecular flexibility index (Phi) is 3.01. The Balaban J connectivity index is 2.20. The Hall–Kier alpha value is -2.01. The number of hydrogen-bond donors (Lipinski definition) is 3. The number of anilines is 2. The fourth-order valence-corrected chi connectivity index (χ4v) is 1.66. The third-order valence-corrected chi connectivity index (χ3v) is 2.50. The lowest BCUT2D eigenvalue weighted by molar-refractivity contribution is 0.102. The van der Waals surface area contributed by atoms with Crippen LogP contribution in [0, 0.1) is 6.92 Å². The SMILES string of the molecule is Cc1cc(NC(=O)c2ccc(N)cc2Cl)n[nH]1. The second-order valence-electron chi connectivity index (χ2n) is 3.63. The average Bonchev–Trinajstić information content (AvgIpc) is 2.63. The molecule has 1 amide bonds. The fourth-order valence-electron chi connectivity index (χ4n) is 1.38. The first kappa shape index (κ1) is 11.5. The zero-order chi connectivity index (χ0) is 12.4. The van der Waals surface area contributed by atoms with E-state index in [-0.39, 0.29) is 5.91 Å². The van der Waals surface area contributed by atoms with E-state index >= 15 is 0 Å². The number of nitrogens with two attached hydrogens (primary N) is 1. The first-order chi connectivity index (χ1) is 8.06. The van der Waals surface area contributed by atoms with Gasteiger partial charge < -0.3 is 11.1 Å². The molecule has 1 heterocycles. The van der Waals surface area contributed by atoms with Crippen LogP contribution in [0.1, 0.15) is 16.1 Å². The summed E-state index contributed by atoms with van der Waals surface area (Å²) in [6, 6.07) is 6.46. The number of benzene rings is 1. The van der Waals surface area contributed by atoms with Crippen LogP contribution in [0.25, 0.3) is 0 Å². The standard InChI is InChI=1S/C11H11ClN4O/c1-6-4-10(16-15-6)14-11(17)8-3-2-7(13)5-9(8)12/h2-5H,13H2,1H3,(H2,14,15,16,17). The summed E-state index contributed by atoms with van der Waals surface area (Å²) in [4.78, 5) is 11.9. The van der Waals surface area contributed by atoms with Gasteiger partial charge in [0.05, 0.1) is 10.6 Å². The molecule has 4 N–H and O–H groups in total. The maximum absolute atomic E-state index is 11.9. The second kappa shape index (κ2) is 4.47. The molecule has 0 saturated heterocycles. The van der Waals surface area contributed by atoms with Gasteiger partial charge in [-0.05, 0) is 25.1 Å². The number of halogens is 1. The van der Waals surface area contributed by atoms with Gasteiger partial charge in [-0.3, -0.25) is 9.89 Å².